The molecule has 0 aliphatic heterocycles. The van der Waals surface area contributed by atoms with Crippen LogP contribution in [0.4, 0.5) is 0 Å². The minimum atomic E-state index is -0.140. The number of fused-ring (bicyclic) bond motifs is 1. The second-order valence-corrected chi connectivity index (χ2v) is 6.07. The summed E-state index contributed by atoms with van der Waals surface area (Å²) in [5, 5.41) is 0. The van der Waals surface area contributed by atoms with Crippen molar-refractivity contribution in [3.8, 4) is 17.1 Å². The highest BCUT2D eigenvalue weighted by atomic mass is 16.5. The van der Waals surface area contributed by atoms with Crippen molar-refractivity contribution in [1.29, 1.82) is 0 Å². The van der Waals surface area contributed by atoms with Crippen LogP contribution in [-0.4, -0.2) is 22.6 Å². The predicted octanol–water partition coefficient (Wildman–Crippen LogP) is 5.07. The van der Waals surface area contributed by atoms with Crippen LogP contribution < -0.4 is 4.74 Å². The number of benzene rings is 3. The number of aromatic nitrogens is 2. The number of imidazole rings is 1. The van der Waals surface area contributed by atoms with E-state index >= 15 is 0 Å². The Balaban J connectivity index is 1.75. The highest BCUT2D eigenvalue weighted by molar-refractivity contribution is 6.02. The van der Waals surface area contributed by atoms with Gasteiger partial charge in [0.2, 0.25) is 0 Å². The molecular formula is C23H18N2O2. The molecule has 0 unspecified atom stereocenters. The Hall–Kier alpha value is -3.66. The summed E-state index contributed by atoms with van der Waals surface area (Å²) in [4.78, 5) is 17.7. The number of hydrogen-bond donors (Lipinski definition) is 0. The molecule has 1 heterocycles. The lowest BCUT2D eigenvalue weighted by atomic mass is 10.2. The third kappa shape index (κ3) is 3.37. The van der Waals surface area contributed by atoms with Crippen LogP contribution in [0.25, 0.3) is 28.5 Å². The predicted molar refractivity (Wildman–Crippen MR) is 108 cm³/mol. The second-order valence-electron chi connectivity index (χ2n) is 6.07. The zero-order valence-electron chi connectivity index (χ0n) is 14.9. The fraction of sp³-hybridized carbons (Fsp3) is 0.0435. The van der Waals surface area contributed by atoms with E-state index in [4.69, 9.17) is 4.74 Å². The van der Waals surface area contributed by atoms with Gasteiger partial charge in [0, 0.05) is 11.6 Å². The summed E-state index contributed by atoms with van der Waals surface area (Å²) >= 11 is 0. The van der Waals surface area contributed by atoms with Crippen LogP contribution in [0.2, 0.25) is 0 Å². The lowest BCUT2D eigenvalue weighted by Gasteiger charge is -2.05. The molecule has 0 atom stereocenters. The average Bonchev–Trinajstić information content (AvgIpc) is 3.13. The van der Waals surface area contributed by atoms with Crippen LogP contribution in [-0.2, 0) is 0 Å². The Morgan fingerprint density at radius 2 is 1.63 bits per heavy atom. The van der Waals surface area contributed by atoms with Gasteiger partial charge in [-0.05, 0) is 35.9 Å². The third-order valence-corrected chi connectivity index (χ3v) is 4.35. The molecule has 0 spiro atoms. The molecule has 4 rings (SSSR count). The van der Waals surface area contributed by atoms with Crippen LogP contribution in [0.1, 0.15) is 10.4 Å². The maximum absolute atomic E-state index is 13.0. The molecule has 0 saturated carbocycles. The summed E-state index contributed by atoms with van der Waals surface area (Å²) in [5.41, 5.74) is 3.41. The number of carbonyl (C=O) groups is 1. The normalized spacial score (nSPS) is 11.1. The Morgan fingerprint density at radius 1 is 0.926 bits per heavy atom. The van der Waals surface area contributed by atoms with Crippen molar-refractivity contribution in [3.63, 3.8) is 0 Å². The summed E-state index contributed by atoms with van der Waals surface area (Å²) in [6.07, 6.45) is 3.37. The number of ether oxygens (including phenoxy) is 1. The number of para-hydroxylation sites is 2. The molecule has 0 saturated heterocycles. The van der Waals surface area contributed by atoms with Crippen molar-refractivity contribution in [2.45, 2.75) is 0 Å². The molecule has 1 aromatic heterocycles. The van der Waals surface area contributed by atoms with E-state index in [-0.39, 0.29) is 5.91 Å². The average molecular weight is 354 g/mol. The Morgan fingerprint density at radius 3 is 2.37 bits per heavy atom. The third-order valence-electron chi connectivity index (χ3n) is 4.35. The van der Waals surface area contributed by atoms with E-state index in [0.29, 0.717) is 5.82 Å². The second kappa shape index (κ2) is 7.30. The molecule has 27 heavy (non-hydrogen) atoms. The highest BCUT2D eigenvalue weighted by Crippen LogP contribution is 2.25. The first-order chi connectivity index (χ1) is 13.3. The molecule has 0 aliphatic rings. The SMILES string of the molecule is COc1ccc(/C=C/C(=O)n2c(-c3ccccc3)nc3ccccc32)cc1. The number of rotatable bonds is 4. The molecule has 3 aromatic carbocycles. The minimum absolute atomic E-state index is 0.140. The van der Waals surface area contributed by atoms with Crippen LogP contribution in [0.3, 0.4) is 0 Å². The molecule has 0 aliphatic carbocycles. The van der Waals surface area contributed by atoms with E-state index in [1.165, 1.54) is 0 Å². The summed E-state index contributed by atoms with van der Waals surface area (Å²) in [6, 6.07) is 25.0. The standard InChI is InChI=1S/C23H18N2O2/c1-27-19-14-11-17(12-15-19)13-16-22(26)25-21-10-6-5-9-20(21)24-23(25)18-7-3-2-4-8-18/h2-16H,1H3/b16-13+. The molecule has 0 radical (unpaired) electrons. The van der Waals surface area contributed by atoms with Crippen LogP contribution >= 0.6 is 0 Å². The van der Waals surface area contributed by atoms with E-state index in [0.717, 1.165) is 27.9 Å². The van der Waals surface area contributed by atoms with E-state index in [2.05, 4.69) is 4.98 Å². The van der Waals surface area contributed by atoms with Gasteiger partial charge < -0.3 is 4.74 Å². The summed E-state index contributed by atoms with van der Waals surface area (Å²) in [5.74, 6) is 1.28. The molecule has 0 N–H and O–H groups in total. The van der Waals surface area contributed by atoms with Crippen molar-refractivity contribution in [2.75, 3.05) is 7.11 Å². The fourth-order valence-electron chi connectivity index (χ4n) is 2.99. The molecule has 0 fully saturated rings. The van der Waals surface area contributed by atoms with Gasteiger partial charge in [-0.15, -0.1) is 0 Å². The summed E-state index contributed by atoms with van der Waals surface area (Å²) < 4.78 is 6.82. The van der Waals surface area contributed by atoms with Crippen LogP contribution in [0, 0.1) is 0 Å². The number of hydrogen-bond acceptors (Lipinski definition) is 3. The van der Waals surface area contributed by atoms with Gasteiger partial charge in [0.1, 0.15) is 11.6 Å². The van der Waals surface area contributed by atoms with E-state index < -0.39 is 0 Å². The zero-order valence-corrected chi connectivity index (χ0v) is 14.9. The lowest BCUT2D eigenvalue weighted by molar-refractivity contribution is 0.0976. The quantitative estimate of drug-likeness (QED) is 0.481. The molecule has 4 aromatic rings. The van der Waals surface area contributed by atoms with E-state index in [1.54, 1.807) is 23.8 Å². The van der Waals surface area contributed by atoms with Gasteiger partial charge in [-0.25, -0.2) is 4.98 Å². The lowest BCUT2D eigenvalue weighted by Crippen LogP contribution is -2.09. The van der Waals surface area contributed by atoms with Crippen molar-refractivity contribution in [2.24, 2.45) is 0 Å². The molecule has 4 heteroatoms. The van der Waals surface area contributed by atoms with Gasteiger partial charge in [-0.1, -0.05) is 54.6 Å². The Bertz CT molecular complexity index is 1110. The monoisotopic (exact) mass is 354 g/mol. The summed E-state index contributed by atoms with van der Waals surface area (Å²) in [6.45, 7) is 0. The van der Waals surface area contributed by atoms with Gasteiger partial charge >= 0.3 is 0 Å². The molecule has 0 bridgehead atoms. The van der Waals surface area contributed by atoms with Gasteiger partial charge in [0.15, 0.2) is 0 Å². The number of carbonyl (C=O) groups excluding carboxylic acids is 1. The number of nitrogens with zero attached hydrogens (tertiary/aromatic N) is 2. The molecule has 0 amide bonds. The smallest absolute Gasteiger partial charge is 0.256 e. The molecule has 4 nitrogen and oxygen atoms in total. The zero-order chi connectivity index (χ0) is 18.6. The maximum atomic E-state index is 13.0. The molecular weight excluding hydrogens is 336 g/mol. The maximum Gasteiger partial charge on any atom is 0.256 e. The van der Waals surface area contributed by atoms with Crippen molar-refractivity contribution >= 4 is 23.0 Å². The van der Waals surface area contributed by atoms with Gasteiger partial charge in [0.25, 0.3) is 5.91 Å². The van der Waals surface area contributed by atoms with Gasteiger partial charge in [0.05, 0.1) is 18.1 Å². The van der Waals surface area contributed by atoms with Gasteiger partial charge in [-0.3, -0.25) is 9.36 Å². The topological polar surface area (TPSA) is 44.1 Å². The largest absolute Gasteiger partial charge is 0.497 e. The van der Waals surface area contributed by atoms with E-state index in [1.807, 2.05) is 78.9 Å². The Kier molecular flexibility index (Phi) is 4.54. The minimum Gasteiger partial charge on any atom is -0.497 e. The van der Waals surface area contributed by atoms with E-state index in [9.17, 15) is 4.79 Å². The molecule has 132 valence electrons. The first-order valence-electron chi connectivity index (χ1n) is 8.65. The van der Waals surface area contributed by atoms with Crippen LogP contribution in [0.5, 0.6) is 5.75 Å². The Labute approximate surface area is 157 Å². The number of allylic oxidation sites excluding steroid dienone is 1. The highest BCUT2D eigenvalue weighted by Gasteiger charge is 2.16. The van der Waals surface area contributed by atoms with Crippen molar-refractivity contribution < 1.29 is 9.53 Å². The van der Waals surface area contributed by atoms with Crippen LogP contribution in [0.15, 0.2) is 84.9 Å². The fourth-order valence-corrected chi connectivity index (χ4v) is 2.99. The summed E-state index contributed by atoms with van der Waals surface area (Å²) in [7, 11) is 1.63. The first-order valence-corrected chi connectivity index (χ1v) is 8.65. The number of methoxy groups -OCH3 is 1. The first kappa shape index (κ1) is 16.8. The van der Waals surface area contributed by atoms with Crippen molar-refractivity contribution in [3.05, 3.63) is 90.5 Å². The van der Waals surface area contributed by atoms with Crippen molar-refractivity contribution in [1.82, 2.24) is 9.55 Å². The van der Waals surface area contributed by atoms with Gasteiger partial charge in [-0.2, -0.15) is 0 Å².